The van der Waals surface area contributed by atoms with Crippen molar-refractivity contribution >= 4 is 45.5 Å². The summed E-state index contributed by atoms with van der Waals surface area (Å²) in [4.78, 5) is 14.5. The quantitative estimate of drug-likeness (QED) is 0.137. The molecule has 0 amide bonds. The van der Waals surface area contributed by atoms with Crippen LogP contribution in [0.15, 0.2) is 133 Å². The van der Waals surface area contributed by atoms with E-state index in [0.29, 0.717) is 5.56 Å². The minimum atomic E-state index is -1.23. The summed E-state index contributed by atoms with van der Waals surface area (Å²) in [7, 11) is 0. The highest BCUT2D eigenvalue weighted by molar-refractivity contribution is 6.10. The van der Waals surface area contributed by atoms with Gasteiger partial charge in [0.1, 0.15) is 0 Å². The van der Waals surface area contributed by atoms with Gasteiger partial charge in [0.05, 0.1) is 17.6 Å². The minimum absolute atomic E-state index is 0.308. The Kier molecular flexibility index (Phi) is 6.54. The maximum atomic E-state index is 11.4. The predicted molar refractivity (Wildman–Crippen MR) is 163 cm³/mol. The lowest BCUT2D eigenvalue weighted by Crippen LogP contribution is -1.95. The summed E-state index contributed by atoms with van der Waals surface area (Å²) in [6.45, 7) is 7.18. The van der Waals surface area contributed by atoms with E-state index in [-0.39, 0.29) is 5.70 Å². The van der Waals surface area contributed by atoms with Gasteiger partial charge in [-0.05, 0) is 70.3 Å². The molecule has 0 aliphatic heterocycles. The summed E-state index contributed by atoms with van der Waals surface area (Å²) in [6, 6.07) is 43.3. The molecule has 0 radical (unpaired) electrons. The molecule has 40 heavy (non-hydrogen) atoms. The Morgan fingerprint density at radius 2 is 1.23 bits per heavy atom. The number of rotatable bonds is 6. The van der Waals surface area contributed by atoms with Crippen LogP contribution < -0.4 is 0 Å². The SMILES string of the molecule is [C-]#[N+]C(=Cc1ccc2c(c1)c1ccccc1n2-c1ccc(C=C(c2ccccc2)c2ccccc2)cc1)C(=O)O. The Bertz CT molecular complexity index is 1920. The summed E-state index contributed by atoms with van der Waals surface area (Å²) in [6.07, 6.45) is 3.63. The number of aliphatic carboxylic acids is 1. The van der Waals surface area contributed by atoms with Crippen LogP contribution in [0.1, 0.15) is 22.3 Å². The van der Waals surface area contributed by atoms with Crippen molar-refractivity contribution in [3.05, 3.63) is 167 Å². The number of carboxylic acids is 1. The molecule has 6 aromatic rings. The number of hydrogen-bond donors (Lipinski definition) is 1. The van der Waals surface area contributed by atoms with E-state index < -0.39 is 5.97 Å². The third-order valence-electron chi connectivity index (χ3n) is 6.97. The fourth-order valence-electron chi connectivity index (χ4n) is 5.11. The lowest BCUT2D eigenvalue weighted by Gasteiger charge is -2.11. The van der Waals surface area contributed by atoms with Crippen molar-refractivity contribution in [2.75, 3.05) is 0 Å². The Morgan fingerprint density at radius 1 is 0.650 bits per heavy atom. The fourth-order valence-corrected chi connectivity index (χ4v) is 5.11. The first-order valence-corrected chi connectivity index (χ1v) is 12.9. The smallest absolute Gasteiger partial charge is 0.333 e. The Hall–Kier alpha value is -5.66. The number of carbonyl (C=O) groups is 1. The highest BCUT2D eigenvalue weighted by Gasteiger charge is 2.14. The molecule has 1 N–H and O–H groups in total. The topological polar surface area (TPSA) is 46.6 Å². The zero-order valence-electron chi connectivity index (χ0n) is 21.5. The number of carboxylic acid groups (broad SMARTS) is 1. The molecule has 4 nitrogen and oxygen atoms in total. The highest BCUT2D eigenvalue weighted by Crippen LogP contribution is 2.33. The van der Waals surface area contributed by atoms with Crippen LogP contribution in [-0.4, -0.2) is 15.6 Å². The van der Waals surface area contributed by atoms with Crippen molar-refractivity contribution in [3.63, 3.8) is 0 Å². The molecule has 0 unspecified atom stereocenters. The predicted octanol–water partition coefficient (Wildman–Crippen LogP) is 8.72. The molecule has 0 aliphatic carbocycles. The summed E-state index contributed by atoms with van der Waals surface area (Å²) in [5, 5.41) is 11.3. The van der Waals surface area contributed by atoms with Crippen molar-refractivity contribution in [1.29, 1.82) is 0 Å². The van der Waals surface area contributed by atoms with E-state index in [0.717, 1.165) is 49.8 Å². The second-order valence-electron chi connectivity index (χ2n) is 9.46. The summed E-state index contributed by atoms with van der Waals surface area (Å²) >= 11 is 0. The van der Waals surface area contributed by atoms with Gasteiger partial charge < -0.3 is 9.67 Å². The second-order valence-corrected chi connectivity index (χ2v) is 9.46. The van der Waals surface area contributed by atoms with Crippen LogP contribution in [0.25, 0.3) is 50.1 Å². The van der Waals surface area contributed by atoms with Crippen LogP contribution >= 0.6 is 0 Å². The molecule has 0 spiro atoms. The van der Waals surface area contributed by atoms with Crippen molar-refractivity contribution < 1.29 is 9.90 Å². The molecule has 0 atom stereocenters. The van der Waals surface area contributed by atoms with Gasteiger partial charge in [-0.2, -0.15) is 0 Å². The van der Waals surface area contributed by atoms with E-state index in [1.54, 1.807) is 0 Å². The van der Waals surface area contributed by atoms with Crippen molar-refractivity contribution in [2.24, 2.45) is 0 Å². The van der Waals surface area contributed by atoms with Gasteiger partial charge >= 0.3 is 5.97 Å². The Labute approximate surface area is 232 Å². The average Bonchev–Trinajstić information content (AvgIpc) is 3.33. The van der Waals surface area contributed by atoms with Crippen molar-refractivity contribution in [3.8, 4) is 5.69 Å². The second kappa shape index (κ2) is 10.6. The number of aromatic nitrogens is 1. The van der Waals surface area contributed by atoms with Crippen molar-refractivity contribution in [2.45, 2.75) is 0 Å². The molecule has 0 fully saturated rings. The number of hydrogen-bond acceptors (Lipinski definition) is 1. The largest absolute Gasteiger partial charge is 0.486 e. The lowest BCUT2D eigenvalue weighted by molar-refractivity contribution is -0.132. The minimum Gasteiger partial charge on any atom is -0.486 e. The molecule has 190 valence electrons. The molecule has 0 bridgehead atoms. The standard InChI is InChI=1S/C36H24N2O2/c1-37-33(36(39)40)24-26-18-21-35-32(23-26)30-14-8-9-15-34(30)38(35)29-19-16-25(17-20-29)22-31(27-10-4-2-5-11-27)28-12-6-3-7-13-28/h2-24H,(H,39,40). The van der Waals surface area contributed by atoms with Gasteiger partial charge in [0.15, 0.2) is 0 Å². The van der Waals surface area contributed by atoms with E-state index in [1.807, 2.05) is 42.5 Å². The summed E-state index contributed by atoms with van der Waals surface area (Å²) in [5.74, 6) is -1.23. The first-order valence-electron chi connectivity index (χ1n) is 12.9. The zero-order valence-corrected chi connectivity index (χ0v) is 21.5. The van der Waals surface area contributed by atoms with Crippen LogP contribution in [0.3, 0.4) is 0 Å². The van der Waals surface area contributed by atoms with Crippen LogP contribution in [0.5, 0.6) is 0 Å². The van der Waals surface area contributed by atoms with Gasteiger partial charge in [-0.3, -0.25) is 4.79 Å². The molecule has 6 rings (SSSR count). The van der Waals surface area contributed by atoms with Gasteiger partial charge in [0.2, 0.25) is 0 Å². The number of fused-ring (bicyclic) bond motifs is 3. The van der Waals surface area contributed by atoms with E-state index in [2.05, 4.69) is 100 Å². The van der Waals surface area contributed by atoms with Crippen LogP contribution in [0.2, 0.25) is 0 Å². The van der Waals surface area contributed by atoms with Crippen LogP contribution in [-0.2, 0) is 4.79 Å². The summed E-state index contributed by atoms with van der Waals surface area (Å²) in [5.41, 5.74) is 8.04. The fraction of sp³-hybridized carbons (Fsp3) is 0. The third-order valence-corrected chi connectivity index (χ3v) is 6.97. The normalized spacial score (nSPS) is 11.3. The Balaban J connectivity index is 1.45. The highest BCUT2D eigenvalue weighted by atomic mass is 16.4. The molecular weight excluding hydrogens is 492 g/mol. The molecule has 1 heterocycles. The lowest BCUT2D eigenvalue weighted by atomic mass is 9.96. The van der Waals surface area contributed by atoms with E-state index in [1.165, 1.54) is 6.08 Å². The van der Waals surface area contributed by atoms with Crippen molar-refractivity contribution in [1.82, 2.24) is 4.57 Å². The van der Waals surface area contributed by atoms with Gasteiger partial charge in [-0.1, -0.05) is 97.1 Å². The first-order chi connectivity index (χ1) is 19.6. The molecule has 0 saturated carbocycles. The molecule has 4 heteroatoms. The molecule has 5 aromatic carbocycles. The average molecular weight is 517 g/mol. The van der Waals surface area contributed by atoms with E-state index in [4.69, 9.17) is 6.57 Å². The first kappa shape index (κ1) is 24.7. The third kappa shape index (κ3) is 4.69. The van der Waals surface area contributed by atoms with Crippen LogP contribution in [0.4, 0.5) is 0 Å². The van der Waals surface area contributed by atoms with Gasteiger partial charge in [0, 0.05) is 16.5 Å². The number of nitrogens with zero attached hydrogens (tertiary/aromatic N) is 2. The van der Waals surface area contributed by atoms with E-state index in [9.17, 15) is 9.90 Å². The van der Waals surface area contributed by atoms with E-state index >= 15 is 0 Å². The molecule has 1 aromatic heterocycles. The molecule has 0 aliphatic rings. The van der Waals surface area contributed by atoms with Gasteiger partial charge in [0.25, 0.3) is 5.70 Å². The number of para-hydroxylation sites is 1. The summed E-state index contributed by atoms with van der Waals surface area (Å²) < 4.78 is 2.22. The number of benzene rings is 5. The monoisotopic (exact) mass is 516 g/mol. The van der Waals surface area contributed by atoms with Gasteiger partial charge in [-0.15, -0.1) is 0 Å². The maximum Gasteiger partial charge on any atom is 0.333 e. The maximum absolute atomic E-state index is 11.4. The van der Waals surface area contributed by atoms with Crippen LogP contribution in [0, 0.1) is 6.57 Å². The Morgan fingerprint density at radius 3 is 1.85 bits per heavy atom. The molecule has 0 saturated heterocycles. The zero-order chi connectivity index (χ0) is 27.5. The molecular formula is C36H24N2O2. The van der Waals surface area contributed by atoms with Gasteiger partial charge in [-0.25, -0.2) is 4.85 Å².